The number of nitrogens with zero attached hydrogens (tertiary/aromatic N) is 3. The Labute approximate surface area is 168 Å². The third-order valence-corrected chi connectivity index (χ3v) is 4.79. The van der Waals surface area contributed by atoms with E-state index < -0.39 is 5.91 Å². The molecule has 0 bridgehead atoms. The lowest BCUT2D eigenvalue weighted by Gasteiger charge is -2.05. The average Bonchev–Trinajstić information content (AvgIpc) is 3.20. The Balaban J connectivity index is 1.67. The molecular weight excluding hydrogens is 366 g/mol. The topological polar surface area (TPSA) is 89.7 Å². The van der Waals surface area contributed by atoms with E-state index in [1.807, 2.05) is 36.4 Å². The molecule has 7 heteroatoms. The Kier molecular flexibility index (Phi) is 4.80. The zero-order chi connectivity index (χ0) is 20.5. The Morgan fingerprint density at radius 3 is 2.72 bits per heavy atom. The Morgan fingerprint density at radius 1 is 1.24 bits per heavy atom. The minimum absolute atomic E-state index is 0.0686. The van der Waals surface area contributed by atoms with E-state index in [1.165, 1.54) is 6.33 Å². The number of rotatable bonds is 5. The number of carbonyl (C=O) groups excluding carboxylic acids is 1. The summed E-state index contributed by atoms with van der Waals surface area (Å²) in [6.07, 6.45) is 2.25. The Bertz CT molecular complexity index is 1170. The van der Waals surface area contributed by atoms with Crippen LogP contribution in [0, 0.1) is 18.0 Å². The number of benzene rings is 2. The van der Waals surface area contributed by atoms with Crippen LogP contribution in [0.3, 0.4) is 0 Å². The van der Waals surface area contributed by atoms with Crippen molar-refractivity contribution < 1.29 is 9.52 Å². The first-order chi connectivity index (χ1) is 13.9. The number of hydrogen-bond acceptors (Lipinski definition) is 3. The number of carbonyl (C=O) groups is 1. The van der Waals surface area contributed by atoms with Gasteiger partial charge in [-0.15, -0.1) is 0 Å². The highest BCUT2D eigenvalue weighted by Crippen LogP contribution is 2.20. The van der Waals surface area contributed by atoms with E-state index in [0.717, 1.165) is 29.0 Å². The van der Waals surface area contributed by atoms with Crippen molar-refractivity contribution in [2.45, 2.75) is 27.2 Å². The molecule has 29 heavy (non-hydrogen) atoms. The van der Waals surface area contributed by atoms with Crippen molar-refractivity contribution in [2.75, 3.05) is 5.32 Å². The quantitative estimate of drug-likeness (QED) is 0.402. The molecule has 0 fully saturated rings. The fraction of sp³-hybridized carbons (Fsp3) is 0.227. The second-order valence-electron chi connectivity index (χ2n) is 7.55. The van der Waals surface area contributed by atoms with Gasteiger partial charge in [0.1, 0.15) is 11.5 Å². The van der Waals surface area contributed by atoms with Crippen LogP contribution >= 0.6 is 0 Å². The highest BCUT2D eigenvalue weighted by molar-refractivity contribution is 6.02. The van der Waals surface area contributed by atoms with Crippen LogP contribution in [0.2, 0.25) is 0 Å². The predicted molar refractivity (Wildman–Crippen MR) is 112 cm³/mol. The molecule has 2 N–H and O–H groups in total. The summed E-state index contributed by atoms with van der Waals surface area (Å²) in [5.74, 6) is 1.01. The highest BCUT2D eigenvalue weighted by atomic mass is 16.5. The molecule has 4 rings (SSSR count). The number of aromatic nitrogens is 4. The van der Waals surface area contributed by atoms with Crippen LogP contribution in [0.25, 0.3) is 16.7 Å². The largest absolute Gasteiger partial charge is 0.710 e. The molecule has 0 spiro atoms. The fourth-order valence-corrected chi connectivity index (χ4v) is 3.44. The van der Waals surface area contributed by atoms with Crippen molar-refractivity contribution in [1.82, 2.24) is 14.5 Å². The monoisotopic (exact) mass is 389 g/mol. The number of aromatic amines is 1. The summed E-state index contributed by atoms with van der Waals surface area (Å²) < 4.78 is 2.32. The minimum Gasteiger partial charge on any atom is -0.710 e. The van der Waals surface area contributed by atoms with Gasteiger partial charge in [-0.3, -0.25) is 4.79 Å². The highest BCUT2D eigenvalue weighted by Gasteiger charge is 2.24. The molecule has 2 aromatic heterocycles. The summed E-state index contributed by atoms with van der Waals surface area (Å²) in [4.78, 5) is 20.6. The molecule has 0 saturated heterocycles. The summed E-state index contributed by atoms with van der Waals surface area (Å²) in [5, 5.41) is 15.2. The lowest BCUT2D eigenvalue weighted by Crippen LogP contribution is -2.34. The maximum absolute atomic E-state index is 12.7. The lowest BCUT2D eigenvalue weighted by atomic mass is 10.1. The summed E-state index contributed by atoms with van der Waals surface area (Å²) >= 11 is 0. The van der Waals surface area contributed by atoms with E-state index in [4.69, 9.17) is 0 Å². The normalized spacial score (nSPS) is 11.3. The van der Waals surface area contributed by atoms with Crippen molar-refractivity contribution in [3.63, 3.8) is 0 Å². The van der Waals surface area contributed by atoms with Gasteiger partial charge < -0.3 is 15.5 Å². The fourth-order valence-electron chi connectivity index (χ4n) is 3.44. The van der Waals surface area contributed by atoms with Gasteiger partial charge in [-0.05, 0) is 30.2 Å². The molecule has 7 nitrogen and oxygen atoms in total. The maximum atomic E-state index is 12.7. The van der Waals surface area contributed by atoms with Crippen molar-refractivity contribution in [3.05, 3.63) is 77.3 Å². The zero-order valence-electron chi connectivity index (χ0n) is 16.6. The summed E-state index contributed by atoms with van der Waals surface area (Å²) in [5.41, 5.74) is 3.85. The molecule has 0 aliphatic rings. The number of nitrogens with one attached hydrogen (secondary N) is 2. The van der Waals surface area contributed by atoms with Crippen molar-refractivity contribution in [2.24, 2.45) is 5.92 Å². The van der Waals surface area contributed by atoms with Crippen molar-refractivity contribution >= 4 is 22.6 Å². The third kappa shape index (κ3) is 3.71. The summed E-state index contributed by atoms with van der Waals surface area (Å²) in [6.45, 7) is 6.06. The van der Waals surface area contributed by atoms with Gasteiger partial charge in [0.2, 0.25) is 5.69 Å². The number of hydrogen-bond donors (Lipinski definition) is 2. The smallest absolute Gasteiger partial charge is 0.300 e. The summed E-state index contributed by atoms with van der Waals surface area (Å²) in [7, 11) is 0. The average molecular weight is 389 g/mol. The Hall–Kier alpha value is -3.61. The van der Waals surface area contributed by atoms with Gasteiger partial charge in [0, 0.05) is 25.1 Å². The van der Waals surface area contributed by atoms with E-state index in [9.17, 15) is 10.0 Å². The SMILES string of the molecule is Cc1c(C(=O)Nc2ccccc2)[n+]([O-])cn1-c1ccc2nc(CC(C)C)[nH]c2c1. The standard InChI is InChI=1S/C22H23N5O2/c1-14(2)11-20-24-18-10-9-17(12-19(18)25-20)26-13-27(29)21(15(26)3)22(28)23-16-7-5-4-6-8-16/h4-10,12-14H,11H2,1-3H3,(H,23,28)(H,24,25). The number of fused-ring (bicyclic) bond motifs is 1. The van der Waals surface area contributed by atoms with Crippen LogP contribution in [0.15, 0.2) is 54.9 Å². The van der Waals surface area contributed by atoms with Gasteiger partial charge in [0.25, 0.3) is 12.2 Å². The van der Waals surface area contributed by atoms with Gasteiger partial charge in [-0.25, -0.2) is 9.71 Å². The number of amides is 1. The molecule has 2 heterocycles. The van der Waals surface area contributed by atoms with Crippen LogP contribution in [0.1, 0.15) is 35.9 Å². The third-order valence-electron chi connectivity index (χ3n) is 4.79. The van der Waals surface area contributed by atoms with Gasteiger partial charge in [0.15, 0.2) is 5.69 Å². The van der Waals surface area contributed by atoms with Gasteiger partial charge in [0.05, 0.1) is 11.0 Å². The zero-order valence-corrected chi connectivity index (χ0v) is 16.6. The van der Waals surface area contributed by atoms with Crippen LogP contribution in [0.4, 0.5) is 5.69 Å². The van der Waals surface area contributed by atoms with Crippen molar-refractivity contribution in [3.8, 4) is 5.69 Å². The first-order valence-corrected chi connectivity index (χ1v) is 9.59. The van der Waals surface area contributed by atoms with Crippen LogP contribution in [-0.2, 0) is 6.42 Å². The molecule has 0 radical (unpaired) electrons. The molecule has 148 valence electrons. The molecule has 1 amide bonds. The molecule has 0 atom stereocenters. The second-order valence-corrected chi connectivity index (χ2v) is 7.55. The molecule has 0 aliphatic heterocycles. The van der Waals surface area contributed by atoms with Crippen LogP contribution in [-0.4, -0.2) is 20.4 Å². The maximum Gasteiger partial charge on any atom is 0.300 e. The Morgan fingerprint density at radius 2 is 2.00 bits per heavy atom. The van der Waals surface area contributed by atoms with Crippen LogP contribution in [0.5, 0.6) is 0 Å². The van der Waals surface area contributed by atoms with Gasteiger partial charge >= 0.3 is 0 Å². The molecular formula is C22H23N5O2. The van der Waals surface area contributed by atoms with Crippen molar-refractivity contribution in [1.29, 1.82) is 0 Å². The van der Waals surface area contributed by atoms with E-state index in [0.29, 0.717) is 22.0 Å². The van der Waals surface area contributed by atoms with E-state index in [-0.39, 0.29) is 5.69 Å². The second kappa shape index (κ2) is 7.43. The van der Waals surface area contributed by atoms with Gasteiger partial charge in [-0.2, -0.15) is 4.57 Å². The van der Waals surface area contributed by atoms with E-state index in [2.05, 4.69) is 29.1 Å². The van der Waals surface area contributed by atoms with Gasteiger partial charge in [-0.1, -0.05) is 32.0 Å². The number of H-pyrrole nitrogens is 1. The first kappa shape index (κ1) is 18.7. The number of imidazole rings is 2. The number of para-hydroxylation sites is 1. The molecule has 0 saturated carbocycles. The predicted octanol–water partition coefficient (Wildman–Crippen LogP) is 3.75. The van der Waals surface area contributed by atoms with E-state index in [1.54, 1.807) is 23.6 Å². The number of anilines is 1. The molecule has 0 unspecified atom stereocenters. The first-order valence-electron chi connectivity index (χ1n) is 9.59. The minimum atomic E-state index is -0.440. The summed E-state index contributed by atoms with van der Waals surface area (Å²) in [6, 6.07) is 14.8. The molecule has 0 aliphatic carbocycles. The van der Waals surface area contributed by atoms with E-state index >= 15 is 0 Å². The molecule has 2 aromatic carbocycles. The molecule has 4 aromatic rings. The lowest BCUT2D eigenvalue weighted by molar-refractivity contribution is -0.606. The van der Waals surface area contributed by atoms with Crippen LogP contribution < -0.4 is 10.0 Å².